The third kappa shape index (κ3) is 3.53. The molecule has 1 aliphatic carbocycles. The Labute approximate surface area is 90.0 Å². The van der Waals surface area contributed by atoms with Gasteiger partial charge in [-0.05, 0) is 24.7 Å². The van der Waals surface area contributed by atoms with Gasteiger partial charge in [-0.2, -0.15) is 0 Å². The number of nitrogens with one attached hydrogen (secondary N) is 1. The van der Waals surface area contributed by atoms with E-state index in [1.807, 2.05) is 0 Å². The topological polar surface area (TPSA) is 66.4 Å². The summed E-state index contributed by atoms with van der Waals surface area (Å²) in [5.41, 5.74) is 0. The highest BCUT2D eigenvalue weighted by molar-refractivity contribution is 5.73. The molecule has 1 rings (SSSR count). The van der Waals surface area contributed by atoms with Crippen molar-refractivity contribution in [2.45, 2.75) is 45.6 Å². The van der Waals surface area contributed by atoms with Gasteiger partial charge in [-0.3, -0.25) is 9.59 Å². The minimum Gasteiger partial charge on any atom is -0.481 e. The Kier molecular flexibility index (Phi) is 4.12. The van der Waals surface area contributed by atoms with Gasteiger partial charge in [-0.15, -0.1) is 0 Å². The number of amides is 1. The van der Waals surface area contributed by atoms with Crippen molar-refractivity contribution in [3.63, 3.8) is 0 Å². The molecule has 86 valence electrons. The SMILES string of the molecule is CC[C@@H]1C[C@H](NC(C)=O)C[C@@H]1CC(=O)O. The van der Waals surface area contributed by atoms with Crippen LogP contribution < -0.4 is 5.32 Å². The molecule has 0 radical (unpaired) electrons. The van der Waals surface area contributed by atoms with Gasteiger partial charge in [0.1, 0.15) is 0 Å². The Balaban J connectivity index is 2.50. The van der Waals surface area contributed by atoms with Gasteiger partial charge >= 0.3 is 5.97 Å². The van der Waals surface area contributed by atoms with Gasteiger partial charge in [0.05, 0.1) is 0 Å². The van der Waals surface area contributed by atoms with Crippen LogP contribution >= 0.6 is 0 Å². The molecule has 1 amide bonds. The van der Waals surface area contributed by atoms with Crippen LogP contribution in [0.15, 0.2) is 0 Å². The average Bonchev–Trinajstić information content (AvgIpc) is 2.45. The Morgan fingerprint density at radius 2 is 1.93 bits per heavy atom. The smallest absolute Gasteiger partial charge is 0.303 e. The van der Waals surface area contributed by atoms with E-state index in [9.17, 15) is 9.59 Å². The minimum atomic E-state index is -0.734. The lowest BCUT2D eigenvalue weighted by molar-refractivity contribution is -0.138. The number of hydrogen-bond donors (Lipinski definition) is 2. The number of carbonyl (C=O) groups excluding carboxylic acids is 1. The maximum absolute atomic E-state index is 10.9. The molecule has 2 N–H and O–H groups in total. The summed E-state index contributed by atoms with van der Waals surface area (Å²) in [6.07, 6.45) is 2.96. The van der Waals surface area contributed by atoms with Crippen molar-refractivity contribution in [2.75, 3.05) is 0 Å². The molecule has 3 atom stereocenters. The summed E-state index contributed by atoms with van der Waals surface area (Å²) in [7, 11) is 0. The molecule has 0 unspecified atom stereocenters. The van der Waals surface area contributed by atoms with Crippen molar-refractivity contribution >= 4 is 11.9 Å². The molecule has 0 aromatic carbocycles. The van der Waals surface area contributed by atoms with Crippen molar-refractivity contribution in [3.8, 4) is 0 Å². The number of carbonyl (C=O) groups is 2. The second-order valence-electron chi connectivity index (χ2n) is 4.40. The van der Waals surface area contributed by atoms with E-state index in [0.717, 1.165) is 19.3 Å². The second-order valence-corrected chi connectivity index (χ2v) is 4.40. The van der Waals surface area contributed by atoms with Crippen LogP contribution in [0.3, 0.4) is 0 Å². The first-order chi connectivity index (χ1) is 7.02. The van der Waals surface area contributed by atoms with Crippen LogP contribution in [0.5, 0.6) is 0 Å². The summed E-state index contributed by atoms with van der Waals surface area (Å²) in [5, 5.41) is 11.6. The minimum absolute atomic E-state index is 0.0224. The predicted molar refractivity (Wildman–Crippen MR) is 56.4 cm³/mol. The van der Waals surface area contributed by atoms with Crippen LogP contribution in [0.25, 0.3) is 0 Å². The molecule has 1 aliphatic rings. The molecule has 0 aromatic rings. The Bertz CT molecular complexity index is 252. The third-order valence-corrected chi connectivity index (χ3v) is 3.21. The van der Waals surface area contributed by atoms with Crippen molar-refractivity contribution in [3.05, 3.63) is 0 Å². The first-order valence-electron chi connectivity index (χ1n) is 5.51. The number of aliphatic carboxylic acids is 1. The number of carboxylic acids is 1. The number of rotatable bonds is 4. The van der Waals surface area contributed by atoms with Crippen LogP contribution in [0.2, 0.25) is 0 Å². The van der Waals surface area contributed by atoms with Gasteiger partial charge in [-0.1, -0.05) is 13.3 Å². The van der Waals surface area contributed by atoms with Crippen LogP contribution in [0.1, 0.15) is 39.5 Å². The summed E-state index contributed by atoms with van der Waals surface area (Å²) >= 11 is 0. The fourth-order valence-electron chi connectivity index (χ4n) is 2.59. The van der Waals surface area contributed by atoms with Crippen molar-refractivity contribution < 1.29 is 14.7 Å². The molecular formula is C11H19NO3. The lowest BCUT2D eigenvalue weighted by atomic mass is 9.91. The van der Waals surface area contributed by atoms with Crippen LogP contribution in [0, 0.1) is 11.8 Å². The van der Waals surface area contributed by atoms with E-state index in [1.165, 1.54) is 6.92 Å². The summed E-state index contributed by atoms with van der Waals surface area (Å²) in [4.78, 5) is 21.6. The van der Waals surface area contributed by atoms with Gasteiger partial charge in [0.2, 0.25) is 5.91 Å². The van der Waals surface area contributed by atoms with Crippen molar-refractivity contribution in [1.82, 2.24) is 5.32 Å². The maximum Gasteiger partial charge on any atom is 0.303 e. The molecular weight excluding hydrogens is 194 g/mol. The zero-order valence-corrected chi connectivity index (χ0v) is 9.32. The molecule has 0 aliphatic heterocycles. The zero-order chi connectivity index (χ0) is 11.4. The maximum atomic E-state index is 10.9. The molecule has 0 bridgehead atoms. The molecule has 0 spiro atoms. The molecule has 0 saturated heterocycles. The van der Waals surface area contributed by atoms with Crippen LogP contribution in [-0.2, 0) is 9.59 Å². The highest BCUT2D eigenvalue weighted by atomic mass is 16.4. The molecule has 0 heterocycles. The third-order valence-electron chi connectivity index (χ3n) is 3.21. The van der Waals surface area contributed by atoms with Crippen LogP contribution in [-0.4, -0.2) is 23.0 Å². The number of hydrogen-bond acceptors (Lipinski definition) is 2. The highest BCUT2D eigenvalue weighted by Crippen LogP contribution is 2.36. The van der Waals surface area contributed by atoms with E-state index in [1.54, 1.807) is 0 Å². The van der Waals surface area contributed by atoms with Crippen molar-refractivity contribution in [1.29, 1.82) is 0 Å². The molecule has 4 nitrogen and oxygen atoms in total. The normalized spacial score (nSPS) is 30.1. The number of carboxylic acid groups (broad SMARTS) is 1. The molecule has 1 saturated carbocycles. The largest absolute Gasteiger partial charge is 0.481 e. The van der Waals surface area contributed by atoms with Crippen molar-refractivity contribution in [2.24, 2.45) is 11.8 Å². The summed E-state index contributed by atoms with van der Waals surface area (Å²) in [5.74, 6) is -0.0879. The van der Waals surface area contributed by atoms with Gasteiger partial charge in [0, 0.05) is 19.4 Å². The van der Waals surface area contributed by atoms with E-state index in [0.29, 0.717) is 5.92 Å². The Morgan fingerprint density at radius 3 is 2.40 bits per heavy atom. The lowest BCUT2D eigenvalue weighted by Gasteiger charge is -2.14. The molecule has 1 fully saturated rings. The van der Waals surface area contributed by atoms with E-state index >= 15 is 0 Å². The van der Waals surface area contributed by atoms with Crippen LogP contribution in [0.4, 0.5) is 0 Å². The molecule has 15 heavy (non-hydrogen) atoms. The van der Waals surface area contributed by atoms with E-state index < -0.39 is 5.97 Å². The standard InChI is InChI=1S/C11H19NO3/c1-3-8-4-10(12-7(2)13)5-9(8)6-11(14)15/h8-10H,3-6H2,1-2H3,(H,12,13)(H,14,15)/t8-,9-,10+/m1/s1. The Morgan fingerprint density at radius 1 is 1.33 bits per heavy atom. The quantitative estimate of drug-likeness (QED) is 0.741. The summed E-state index contributed by atoms with van der Waals surface area (Å²) in [6.45, 7) is 3.58. The highest BCUT2D eigenvalue weighted by Gasteiger charge is 2.34. The zero-order valence-electron chi connectivity index (χ0n) is 9.32. The molecule has 4 heteroatoms. The van der Waals surface area contributed by atoms with Gasteiger partial charge in [0.15, 0.2) is 0 Å². The second kappa shape index (κ2) is 5.14. The average molecular weight is 213 g/mol. The summed E-state index contributed by atoms with van der Waals surface area (Å²) in [6, 6.07) is 0.178. The fraction of sp³-hybridized carbons (Fsp3) is 0.818. The first kappa shape index (κ1) is 12.0. The van der Waals surface area contributed by atoms with Gasteiger partial charge in [-0.25, -0.2) is 0 Å². The predicted octanol–water partition coefficient (Wildman–Crippen LogP) is 1.40. The fourth-order valence-corrected chi connectivity index (χ4v) is 2.59. The lowest BCUT2D eigenvalue weighted by Crippen LogP contribution is -2.30. The molecule has 0 aromatic heterocycles. The van der Waals surface area contributed by atoms with Gasteiger partial charge < -0.3 is 10.4 Å². The monoisotopic (exact) mass is 213 g/mol. The summed E-state index contributed by atoms with van der Waals surface area (Å²) < 4.78 is 0. The van der Waals surface area contributed by atoms with E-state index in [-0.39, 0.29) is 24.3 Å². The van der Waals surface area contributed by atoms with Gasteiger partial charge in [0.25, 0.3) is 0 Å². The van der Waals surface area contributed by atoms with E-state index in [4.69, 9.17) is 5.11 Å². The Hall–Kier alpha value is -1.06. The first-order valence-corrected chi connectivity index (χ1v) is 5.51. The van der Waals surface area contributed by atoms with E-state index in [2.05, 4.69) is 12.2 Å².